The van der Waals surface area contributed by atoms with Crippen LogP contribution in [0.3, 0.4) is 0 Å². The largest absolute Gasteiger partial charge is 0.434 e. The number of Topliss-reactive ketones (excluding diaryl/α,β-unsaturated/α-hetero) is 1. The summed E-state index contributed by atoms with van der Waals surface area (Å²) in [6.45, 7) is -1.73. The summed E-state index contributed by atoms with van der Waals surface area (Å²) in [4.78, 5) is 11.1. The topological polar surface area (TPSA) is 26.3 Å². The van der Waals surface area contributed by atoms with Crippen LogP contribution in [0.25, 0.3) is 0 Å². The Balaban J connectivity index is 3.22. The predicted molar refractivity (Wildman–Crippen MR) is 55.8 cm³/mol. The summed E-state index contributed by atoms with van der Waals surface area (Å²) in [6.07, 6.45) is 0. The molecule has 0 heterocycles. The minimum Gasteiger partial charge on any atom is -0.434 e. The Labute approximate surface area is 98.3 Å². The molecular formula is C9H6BrClF2O2. The molecule has 0 spiro atoms. The lowest BCUT2D eigenvalue weighted by Crippen LogP contribution is -2.06. The van der Waals surface area contributed by atoms with Crippen LogP contribution in [-0.2, 0) is 0 Å². The highest BCUT2D eigenvalue weighted by Crippen LogP contribution is 2.32. The molecule has 0 aliphatic carbocycles. The molecule has 0 fully saturated rings. The highest BCUT2D eigenvalue weighted by molar-refractivity contribution is 9.10. The first-order valence-corrected chi connectivity index (χ1v) is 5.03. The quantitative estimate of drug-likeness (QED) is 0.791. The number of benzene rings is 1. The molecule has 0 saturated heterocycles. The Morgan fingerprint density at radius 3 is 2.60 bits per heavy atom. The van der Waals surface area contributed by atoms with Gasteiger partial charge in [-0.1, -0.05) is 11.6 Å². The minimum atomic E-state index is -2.99. The van der Waals surface area contributed by atoms with E-state index in [9.17, 15) is 13.6 Å². The molecule has 0 amide bonds. The van der Waals surface area contributed by atoms with Gasteiger partial charge in [-0.25, -0.2) is 0 Å². The van der Waals surface area contributed by atoms with E-state index in [0.29, 0.717) is 4.47 Å². The van der Waals surface area contributed by atoms with E-state index >= 15 is 0 Å². The molecule has 0 bridgehead atoms. The number of hydrogen-bond donors (Lipinski definition) is 0. The monoisotopic (exact) mass is 298 g/mol. The fourth-order valence-electron chi connectivity index (χ4n) is 0.997. The first-order valence-electron chi connectivity index (χ1n) is 3.86. The third-order valence-electron chi connectivity index (χ3n) is 1.62. The van der Waals surface area contributed by atoms with E-state index in [2.05, 4.69) is 20.7 Å². The van der Waals surface area contributed by atoms with Crippen molar-refractivity contribution < 1.29 is 18.3 Å². The van der Waals surface area contributed by atoms with E-state index in [1.54, 1.807) is 0 Å². The summed E-state index contributed by atoms with van der Waals surface area (Å²) in [5.41, 5.74) is 0.0616. The molecular weight excluding hydrogens is 293 g/mol. The molecule has 0 saturated carbocycles. The van der Waals surface area contributed by atoms with E-state index in [1.165, 1.54) is 19.1 Å². The lowest BCUT2D eigenvalue weighted by molar-refractivity contribution is -0.0501. The third-order valence-corrected chi connectivity index (χ3v) is 2.81. The molecule has 0 radical (unpaired) electrons. The van der Waals surface area contributed by atoms with Gasteiger partial charge in [0.1, 0.15) is 5.75 Å². The second kappa shape index (κ2) is 4.90. The SMILES string of the molecule is CC(=O)c1cc(Br)c(Cl)cc1OC(F)F. The van der Waals surface area contributed by atoms with Crippen molar-refractivity contribution >= 4 is 33.3 Å². The standard InChI is InChI=1S/C9H6BrClF2O2/c1-4(14)5-2-6(10)7(11)3-8(5)15-9(12)13/h2-3,9H,1H3. The van der Waals surface area contributed by atoms with Crippen LogP contribution in [0, 0.1) is 0 Å². The Morgan fingerprint density at radius 2 is 2.13 bits per heavy atom. The van der Waals surface area contributed by atoms with Gasteiger partial charge in [0.05, 0.1) is 10.6 Å². The van der Waals surface area contributed by atoms with Crippen LogP contribution >= 0.6 is 27.5 Å². The number of halogens is 4. The summed E-state index contributed by atoms with van der Waals surface area (Å²) in [5.74, 6) is -0.589. The van der Waals surface area contributed by atoms with Crippen LogP contribution in [0.15, 0.2) is 16.6 Å². The van der Waals surface area contributed by atoms with Gasteiger partial charge < -0.3 is 4.74 Å². The number of alkyl halides is 2. The molecule has 0 aromatic heterocycles. The first-order chi connectivity index (χ1) is 6.91. The zero-order valence-corrected chi connectivity index (χ0v) is 9.90. The highest BCUT2D eigenvalue weighted by atomic mass is 79.9. The minimum absolute atomic E-state index is 0.0616. The lowest BCUT2D eigenvalue weighted by Gasteiger charge is -2.09. The van der Waals surface area contributed by atoms with Gasteiger partial charge in [0, 0.05) is 10.5 Å². The van der Waals surface area contributed by atoms with Gasteiger partial charge in [0.15, 0.2) is 5.78 Å². The number of carbonyl (C=O) groups excluding carboxylic acids is 1. The van der Waals surface area contributed by atoms with Crippen molar-refractivity contribution in [2.75, 3.05) is 0 Å². The van der Waals surface area contributed by atoms with Crippen LogP contribution in [-0.4, -0.2) is 12.4 Å². The molecule has 1 aromatic rings. The summed E-state index contributed by atoms with van der Waals surface area (Å²) in [7, 11) is 0. The molecule has 0 aliphatic rings. The van der Waals surface area contributed by atoms with Crippen LogP contribution in [0.5, 0.6) is 5.75 Å². The number of ether oxygens (including phenoxy) is 1. The van der Waals surface area contributed by atoms with Gasteiger partial charge in [-0.15, -0.1) is 0 Å². The summed E-state index contributed by atoms with van der Waals surface area (Å²) in [6, 6.07) is 2.52. The van der Waals surface area contributed by atoms with Crippen LogP contribution < -0.4 is 4.74 Å². The van der Waals surface area contributed by atoms with Gasteiger partial charge in [0.25, 0.3) is 0 Å². The molecule has 82 valence electrons. The molecule has 1 aromatic carbocycles. The molecule has 0 aliphatic heterocycles. The number of rotatable bonds is 3. The zero-order valence-electron chi connectivity index (χ0n) is 7.56. The van der Waals surface area contributed by atoms with Gasteiger partial charge in [-0.05, 0) is 28.9 Å². The third kappa shape index (κ3) is 3.14. The van der Waals surface area contributed by atoms with Gasteiger partial charge in [-0.2, -0.15) is 8.78 Å². The normalized spacial score (nSPS) is 10.5. The maximum Gasteiger partial charge on any atom is 0.387 e. The van der Waals surface area contributed by atoms with Gasteiger partial charge in [-0.3, -0.25) is 4.79 Å². The first kappa shape index (κ1) is 12.4. The molecule has 0 N–H and O–H groups in total. The van der Waals surface area contributed by atoms with Crippen LogP contribution in [0.2, 0.25) is 5.02 Å². The van der Waals surface area contributed by atoms with E-state index in [4.69, 9.17) is 11.6 Å². The Morgan fingerprint density at radius 1 is 1.53 bits per heavy atom. The molecule has 0 unspecified atom stereocenters. The van der Waals surface area contributed by atoms with E-state index in [1.807, 2.05) is 0 Å². The number of ketones is 1. The number of hydrogen-bond acceptors (Lipinski definition) is 2. The van der Waals surface area contributed by atoms with E-state index in [-0.39, 0.29) is 22.1 Å². The van der Waals surface area contributed by atoms with Gasteiger partial charge in [0.2, 0.25) is 0 Å². The smallest absolute Gasteiger partial charge is 0.387 e. The highest BCUT2D eigenvalue weighted by Gasteiger charge is 2.15. The Kier molecular flexibility index (Phi) is 4.04. The van der Waals surface area contributed by atoms with Gasteiger partial charge >= 0.3 is 6.61 Å². The molecule has 1 rings (SSSR count). The predicted octanol–water partition coefficient (Wildman–Crippen LogP) is 3.91. The fraction of sp³-hybridized carbons (Fsp3) is 0.222. The summed E-state index contributed by atoms with van der Waals surface area (Å²) < 4.78 is 28.7. The van der Waals surface area contributed by atoms with Crippen molar-refractivity contribution in [3.63, 3.8) is 0 Å². The number of carbonyl (C=O) groups is 1. The Bertz CT molecular complexity index is 396. The Hall–Kier alpha value is -0.680. The average molecular weight is 299 g/mol. The van der Waals surface area contributed by atoms with Crippen LogP contribution in [0.1, 0.15) is 17.3 Å². The molecule has 6 heteroatoms. The van der Waals surface area contributed by atoms with Crippen LogP contribution in [0.4, 0.5) is 8.78 Å². The fourth-order valence-corrected chi connectivity index (χ4v) is 1.49. The second-order valence-electron chi connectivity index (χ2n) is 2.70. The van der Waals surface area contributed by atoms with Crippen molar-refractivity contribution in [3.05, 3.63) is 27.2 Å². The lowest BCUT2D eigenvalue weighted by atomic mass is 10.1. The zero-order chi connectivity index (χ0) is 11.6. The molecule has 0 atom stereocenters. The average Bonchev–Trinajstić information content (AvgIpc) is 2.09. The van der Waals surface area contributed by atoms with Crippen molar-refractivity contribution in [2.45, 2.75) is 13.5 Å². The van der Waals surface area contributed by atoms with E-state index < -0.39 is 6.61 Å². The molecule has 2 nitrogen and oxygen atoms in total. The molecule has 15 heavy (non-hydrogen) atoms. The maximum atomic E-state index is 12.0. The van der Waals surface area contributed by atoms with E-state index in [0.717, 1.165) is 0 Å². The van der Waals surface area contributed by atoms with Crippen molar-refractivity contribution in [2.24, 2.45) is 0 Å². The summed E-state index contributed by atoms with van der Waals surface area (Å²) >= 11 is 8.78. The van der Waals surface area contributed by atoms with Crippen molar-refractivity contribution in [1.29, 1.82) is 0 Å². The van der Waals surface area contributed by atoms with Crippen molar-refractivity contribution in [3.8, 4) is 5.75 Å². The summed E-state index contributed by atoms with van der Waals surface area (Å²) in [5, 5.41) is 0.204. The second-order valence-corrected chi connectivity index (χ2v) is 3.96. The van der Waals surface area contributed by atoms with Crippen molar-refractivity contribution in [1.82, 2.24) is 0 Å². The maximum absolute atomic E-state index is 12.0.